The summed E-state index contributed by atoms with van der Waals surface area (Å²) in [5.74, 6) is -1.74. The SMILES string of the molecule is Cc1nc2c(F)c(F)ccc2cc1Cc1cscc1Br. The summed E-state index contributed by atoms with van der Waals surface area (Å²) in [5.41, 5.74) is 3.00. The number of thiophene rings is 1. The van der Waals surface area contributed by atoms with Crippen LogP contribution in [0.1, 0.15) is 16.8 Å². The molecule has 0 N–H and O–H groups in total. The van der Waals surface area contributed by atoms with E-state index in [2.05, 4.69) is 26.3 Å². The van der Waals surface area contributed by atoms with E-state index in [0.29, 0.717) is 5.39 Å². The first-order valence-corrected chi connectivity index (χ1v) is 7.74. The van der Waals surface area contributed by atoms with Gasteiger partial charge in [-0.05, 0) is 57.6 Å². The highest BCUT2D eigenvalue weighted by molar-refractivity contribution is 9.10. The Kier molecular flexibility index (Phi) is 3.56. The van der Waals surface area contributed by atoms with Crippen LogP contribution in [-0.2, 0) is 6.42 Å². The Morgan fingerprint density at radius 3 is 2.70 bits per heavy atom. The lowest BCUT2D eigenvalue weighted by atomic mass is 10.0. The van der Waals surface area contributed by atoms with Crippen molar-refractivity contribution in [1.29, 1.82) is 0 Å². The second kappa shape index (κ2) is 5.22. The van der Waals surface area contributed by atoms with E-state index in [-0.39, 0.29) is 5.52 Å². The van der Waals surface area contributed by atoms with Gasteiger partial charge in [0.25, 0.3) is 0 Å². The van der Waals surface area contributed by atoms with Crippen LogP contribution in [0.2, 0.25) is 0 Å². The highest BCUT2D eigenvalue weighted by atomic mass is 79.9. The first kappa shape index (κ1) is 13.6. The van der Waals surface area contributed by atoms with Gasteiger partial charge >= 0.3 is 0 Å². The van der Waals surface area contributed by atoms with E-state index in [9.17, 15) is 8.78 Å². The molecule has 102 valence electrons. The summed E-state index contributed by atoms with van der Waals surface area (Å²) in [6.07, 6.45) is 0.720. The van der Waals surface area contributed by atoms with Crippen LogP contribution >= 0.6 is 27.3 Å². The number of aromatic nitrogens is 1. The minimum absolute atomic E-state index is 0.0932. The molecule has 0 spiro atoms. The Labute approximate surface area is 127 Å². The Balaban J connectivity index is 2.11. The van der Waals surface area contributed by atoms with Crippen molar-refractivity contribution in [2.24, 2.45) is 0 Å². The van der Waals surface area contributed by atoms with Crippen molar-refractivity contribution in [3.05, 3.63) is 61.9 Å². The van der Waals surface area contributed by atoms with Crippen LogP contribution in [0.15, 0.2) is 33.4 Å². The highest BCUT2D eigenvalue weighted by Crippen LogP contribution is 2.27. The monoisotopic (exact) mass is 353 g/mol. The maximum atomic E-state index is 13.7. The van der Waals surface area contributed by atoms with Crippen molar-refractivity contribution in [3.63, 3.8) is 0 Å². The van der Waals surface area contributed by atoms with Crippen molar-refractivity contribution in [2.45, 2.75) is 13.3 Å². The average Bonchev–Trinajstić information content (AvgIpc) is 2.82. The predicted molar refractivity (Wildman–Crippen MR) is 81.2 cm³/mol. The van der Waals surface area contributed by atoms with Gasteiger partial charge in [-0.2, -0.15) is 11.3 Å². The van der Waals surface area contributed by atoms with E-state index in [1.54, 1.807) is 17.4 Å². The van der Waals surface area contributed by atoms with E-state index in [1.165, 1.54) is 5.56 Å². The summed E-state index contributed by atoms with van der Waals surface area (Å²) in [6.45, 7) is 1.82. The zero-order valence-electron chi connectivity index (χ0n) is 10.6. The minimum Gasteiger partial charge on any atom is -0.250 e. The number of nitrogens with zero attached hydrogens (tertiary/aromatic N) is 1. The molecule has 0 aliphatic heterocycles. The van der Waals surface area contributed by atoms with Gasteiger partial charge < -0.3 is 0 Å². The number of aryl methyl sites for hydroxylation is 1. The van der Waals surface area contributed by atoms with Gasteiger partial charge in [-0.1, -0.05) is 0 Å². The molecule has 0 atom stereocenters. The summed E-state index contributed by atoms with van der Waals surface area (Å²) >= 11 is 5.12. The fraction of sp³-hybridized carbons (Fsp3) is 0.133. The standard InChI is InChI=1S/C15H10BrF2NS/c1-8-10(5-11-6-20-7-12(11)16)4-9-2-3-13(17)14(18)15(9)19-8/h2-4,6-7H,5H2,1H3. The molecule has 0 saturated carbocycles. The molecular weight excluding hydrogens is 344 g/mol. The van der Waals surface area contributed by atoms with Crippen LogP contribution in [-0.4, -0.2) is 4.98 Å². The molecule has 0 aliphatic rings. The Morgan fingerprint density at radius 2 is 2.00 bits per heavy atom. The maximum Gasteiger partial charge on any atom is 0.184 e. The van der Waals surface area contributed by atoms with Crippen molar-refractivity contribution < 1.29 is 8.78 Å². The number of benzene rings is 1. The summed E-state index contributed by atoms with van der Waals surface area (Å²) in [6, 6.07) is 4.58. The zero-order chi connectivity index (χ0) is 14.3. The van der Waals surface area contributed by atoms with E-state index in [4.69, 9.17) is 0 Å². The summed E-state index contributed by atoms with van der Waals surface area (Å²) < 4.78 is 28.0. The smallest absolute Gasteiger partial charge is 0.184 e. The molecule has 0 radical (unpaired) electrons. The predicted octanol–water partition coefficient (Wildman–Crippen LogP) is 5.24. The van der Waals surface area contributed by atoms with Gasteiger partial charge in [0.05, 0.1) is 0 Å². The van der Waals surface area contributed by atoms with Crippen LogP contribution in [0.5, 0.6) is 0 Å². The number of pyridine rings is 1. The molecule has 0 saturated heterocycles. The molecule has 1 aromatic carbocycles. The topological polar surface area (TPSA) is 12.9 Å². The normalized spacial score (nSPS) is 11.2. The van der Waals surface area contributed by atoms with Gasteiger partial charge in [0.1, 0.15) is 5.52 Å². The molecule has 5 heteroatoms. The van der Waals surface area contributed by atoms with Gasteiger partial charge in [0.15, 0.2) is 11.6 Å². The molecule has 20 heavy (non-hydrogen) atoms. The first-order valence-electron chi connectivity index (χ1n) is 6.01. The van der Waals surface area contributed by atoms with Crippen molar-refractivity contribution in [1.82, 2.24) is 4.98 Å². The Morgan fingerprint density at radius 1 is 1.20 bits per heavy atom. The maximum absolute atomic E-state index is 13.7. The van der Waals surface area contributed by atoms with Gasteiger partial charge in [-0.3, -0.25) is 0 Å². The summed E-state index contributed by atoms with van der Waals surface area (Å²) in [7, 11) is 0. The third-order valence-electron chi connectivity index (χ3n) is 3.24. The lowest BCUT2D eigenvalue weighted by Crippen LogP contribution is -1.98. The molecule has 0 unspecified atom stereocenters. The third kappa shape index (κ3) is 2.36. The molecule has 0 fully saturated rings. The number of halogens is 3. The molecule has 0 aliphatic carbocycles. The van der Waals surface area contributed by atoms with Gasteiger partial charge in [-0.25, -0.2) is 13.8 Å². The summed E-state index contributed by atoms with van der Waals surface area (Å²) in [5, 5.41) is 4.71. The van der Waals surface area contributed by atoms with E-state index in [1.807, 2.05) is 18.4 Å². The molecule has 2 heterocycles. The molecular formula is C15H10BrF2NS. The third-order valence-corrected chi connectivity index (χ3v) is 5.08. The number of hydrogen-bond donors (Lipinski definition) is 0. The van der Waals surface area contributed by atoms with Crippen LogP contribution in [0, 0.1) is 18.6 Å². The fourth-order valence-corrected chi connectivity index (χ4v) is 3.58. The number of rotatable bonds is 2. The van der Waals surface area contributed by atoms with Gasteiger partial charge in [-0.15, -0.1) is 0 Å². The van der Waals surface area contributed by atoms with Gasteiger partial charge in [0, 0.05) is 27.4 Å². The molecule has 3 aromatic rings. The molecule has 0 bridgehead atoms. The second-order valence-electron chi connectivity index (χ2n) is 4.59. The first-order chi connectivity index (χ1) is 9.56. The number of fused-ring (bicyclic) bond motifs is 1. The minimum atomic E-state index is -0.881. The van der Waals surface area contributed by atoms with Gasteiger partial charge in [0.2, 0.25) is 0 Å². The number of hydrogen-bond acceptors (Lipinski definition) is 2. The largest absolute Gasteiger partial charge is 0.250 e. The summed E-state index contributed by atoms with van der Waals surface area (Å²) in [4.78, 5) is 4.22. The average molecular weight is 354 g/mol. The van der Waals surface area contributed by atoms with E-state index < -0.39 is 11.6 Å². The van der Waals surface area contributed by atoms with Crippen molar-refractivity contribution in [2.75, 3.05) is 0 Å². The zero-order valence-corrected chi connectivity index (χ0v) is 13.0. The fourth-order valence-electron chi connectivity index (χ4n) is 2.13. The lowest BCUT2D eigenvalue weighted by Gasteiger charge is -2.08. The Hall–Kier alpha value is -1.33. The van der Waals surface area contributed by atoms with Crippen LogP contribution < -0.4 is 0 Å². The molecule has 0 amide bonds. The van der Waals surface area contributed by atoms with E-state index in [0.717, 1.165) is 28.2 Å². The van der Waals surface area contributed by atoms with Crippen LogP contribution in [0.25, 0.3) is 10.9 Å². The molecule has 2 aromatic heterocycles. The van der Waals surface area contributed by atoms with Crippen molar-refractivity contribution in [3.8, 4) is 0 Å². The van der Waals surface area contributed by atoms with Crippen LogP contribution in [0.4, 0.5) is 8.78 Å². The quantitative estimate of drug-likeness (QED) is 0.614. The molecule has 3 rings (SSSR count). The van der Waals surface area contributed by atoms with Crippen LogP contribution in [0.3, 0.4) is 0 Å². The second-order valence-corrected chi connectivity index (χ2v) is 6.19. The molecule has 1 nitrogen and oxygen atoms in total. The Bertz CT molecular complexity index is 798. The van der Waals surface area contributed by atoms with Crippen molar-refractivity contribution >= 4 is 38.2 Å². The van der Waals surface area contributed by atoms with E-state index >= 15 is 0 Å². The highest BCUT2D eigenvalue weighted by Gasteiger charge is 2.12. The lowest BCUT2D eigenvalue weighted by molar-refractivity contribution is 0.515.